The third-order valence-corrected chi connectivity index (χ3v) is 7.70. The number of amides is 2. The van der Waals surface area contributed by atoms with Crippen molar-refractivity contribution in [2.24, 2.45) is 0 Å². The number of carbonyl (C=O) groups excluding carboxylic acids is 2. The smallest absolute Gasteiger partial charge is 0.256 e. The summed E-state index contributed by atoms with van der Waals surface area (Å²) >= 11 is 12.4. The lowest BCUT2D eigenvalue weighted by molar-refractivity contribution is -0.132. The first kappa shape index (κ1) is 27.6. The zero-order valence-corrected chi connectivity index (χ0v) is 23.6. The molecule has 1 saturated heterocycles. The minimum atomic E-state index is -0.343. The summed E-state index contributed by atoms with van der Waals surface area (Å²) < 4.78 is 0. The van der Waals surface area contributed by atoms with Gasteiger partial charge >= 0.3 is 0 Å². The Labute approximate surface area is 243 Å². The third-order valence-electron chi connectivity index (χ3n) is 7.15. The van der Waals surface area contributed by atoms with Gasteiger partial charge in [-0.25, -0.2) is 0 Å². The van der Waals surface area contributed by atoms with Crippen LogP contribution in [0.2, 0.25) is 10.0 Å². The molecule has 7 nitrogen and oxygen atoms in total. The number of anilines is 1. The number of rotatable bonds is 7. The largest absolute Gasteiger partial charge is 0.352 e. The van der Waals surface area contributed by atoms with Gasteiger partial charge in [0.1, 0.15) is 6.54 Å². The minimum Gasteiger partial charge on any atom is -0.352 e. The van der Waals surface area contributed by atoms with Gasteiger partial charge in [0.05, 0.1) is 22.3 Å². The molecule has 2 heterocycles. The molecule has 40 heavy (non-hydrogen) atoms. The van der Waals surface area contributed by atoms with Crippen molar-refractivity contribution in [3.8, 4) is 11.3 Å². The molecular formula is C31H29Cl2N5O2. The highest BCUT2D eigenvalue weighted by atomic mass is 35.5. The average Bonchev–Trinajstić information content (AvgIpc) is 3.00. The van der Waals surface area contributed by atoms with Crippen molar-refractivity contribution in [3.05, 3.63) is 112 Å². The molecule has 4 aromatic rings. The van der Waals surface area contributed by atoms with Crippen molar-refractivity contribution in [2.75, 3.05) is 37.6 Å². The Hall–Kier alpha value is -3.94. The van der Waals surface area contributed by atoms with Crippen molar-refractivity contribution in [1.29, 1.82) is 0 Å². The first-order chi connectivity index (χ1) is 19.4. The van der Waals surface area contributed by atoms with Crippen LogP contribution in [0.5, 0.6) is 0 Å². The van der Waals surface area contributed by atoms with Gasteiger partial charge in [0.25, 0.3) is 5.91 Å². The van der Waals surface area contributed by atoms with Crippen LogP contribution in [0.4, 0.5) is 5.82 Å². The van der Waals surface area contributed by atoms with Crippen LogP contribution >= 0.6 is 23.2 Å². The van der Waals surface area contributed by atoms with Crippen molar-refractivity contribution in [1.82, 2.24) is 20.0 Å². The highest BCUT2D eigenvalue weighted by molar-refractivity contribution is 6.36. The zero-order chi connectivity index (χ0) is 28.1. The maximum Gasteiger partial charge on any atom is 0.256 e. The molecule has 0 unspecified atom stereocenters. The molecule has 0 N–H and O–H groups in total. The van der Waals surface area contributed by atoms with Gasteiger partial charge < -0.3 is 14.7 Å². The Morgan fingerprint density at radius 2 is 1.52 bits per heavy atom. The number of hydrogen-bond acceptors (Lipinski definition) is 5. The highest BCUT2D eigenvalue weighted by Crippen LogP contribution is 2.27. The van der Waals surface area contributed by atoms with E-state index < -0.39 is 0 Å². The van der Waals surface area contributed by atoms with Gasteiger partial charge in [0.15, 0.2) is 5.82 Å². The quantitative estimate of drug-likeness (QED) is 0.271. The monoisotopic (exact) mass is 573 g/mol. The predicted octanol–water partition coefficient (Wildman–Crippen LogP) is 6.00. The normalized spacial score (nSPS) is 14.1. The summed E-state index contributed by atoms with van der Waals surface area (Å²) in [5, 5.41) is 9.51. The maximum atomic E-state index is 13.7. The van der Waals surface area contributed by atoms with Crippen LogP contribution in [0.1, 0.15) is 28.9 Å². The van der Waals surface area contributed by atoms with Gasteiger partial charge in [0.2, 0.25) is 5.91 Å². The Morgan fingerprint density at radius 3 is 2.15 bits per heavy atom. The van der Waals surface area contributed by atoms with Gasteiger partial charge in [-0.1, -0.05) is 83.9 Å². The minimum absolute atomic E-state index is 0.0700. The number of nitrogens with zero attached hydrogens (tertiary/aromatic N) is 5. The number of piperazine rings is 1. The molecule has 204 valence electrons. The molecule has 5 rings (SSSR count). The molecule has 0 aliphatic carbocycles. The standard InChI is InChI=1S/C31H29Cl2N5O2/c1-22(23-8-4-2-5-9-23)38(31(40)26-13-12-25(32)20-27(26)33)21-30(39)37-18-16-36(17-19-37)29-15-14-28(34-35-29)24-10-6-3-7-11-24/h2-15,20,22H,16-19,21H2,1H3/t22-/m0/s1. The fourth-order valence-corrected chi connectivity index (χ4v) is 5.29. The molecular weight excluding hydrogens is 545 g/mol. The van der Waals surface area contributed by atoms with Crippen LogP contribution in [-0.4, -0.2) is 64.5 Å². The number of aromatic nitrogens is 2. The summed E-state index contributed by atoms with van der Waals surface area (Å²) in [6.07, 6.45) is 0. The summed E-state index contributed by atoms with van der Waals surface area (Å²) in [4.78, 5) is 32.7. The molecule has 1 atom stereocenters. The second-order valence-electron chi connectivity index (χ2n) is 9.65. The summed E-state index contributed by atoms with van der Waals surface area (Å²) in [6.45, 7) is 4.13. The lowest BCUT2D eigenvalue weighted by atomic mass is 10.1. The van der Waals surface area contributed by atoms with E-state index in [4.69, 9.17) is 23.2 Å². The van der Waals surface area contributed by atoms with Gasteiger partial charge in [0, 0.05) is 36.8 Å². The lowest BCUT2D eigenvalue weighted by Gasteiger charge is -2.37. The Bertz CT molecular complexity index is 1460. The maximum absolute atomic E-state index is 13.7. The molecule has 1 aromatic heterocycles. The number of benzene rings is 3. The second-order valence-corrected chi connectivity index (χ2v) is 10.5. The molecule has 3 aromatic carbocycles. The van der Waals surface area contributed by atoms with Crippen LogP contribution in [0.25, 0.3) is 11.3 Å². The van der Waals surface area contributed by atoms with Crippen molar-refractivity contribution in [3.63, 3.8) is 0 Å². The second kappa shape index (κ2) is 12.5. The van der Waals surface area contributed by atoms with Crippen molar-refractivity contribution < 1.29 is 9.59 Å². The molecule has 0 saturated carbocycles. The summed E-state index contributed by atoms with van der Waals surface area (Å²) in [5.74, 6) is 0.337. The lowest BCUT2D eigenvalue weighted by Crippen LogP contribution is -2.52. The van der Waals surface area contributed by atoms with Gasteiger partial charge in [-0.15, -0.1) is 10.2 Å². The first-order valence-corrected chi connectivity index (χ1v) is 13.9. The molecule has 1 fully saturated rings. The Kier molecular flexibility index (Phi) is 8.63. The topological polar surface area (TPSA) is 69.6 Å². The van der Waals surface area contributed by atoms with E-state index in [0.29, 0.717) is 36.8 Å². The predicted molar refractivity (Wildman–Crippen MR) is 159 cm³/mol. The van der Waals surface area contributed by atoms with E-state index in [-0.39, 0.29) is 29.4 Å². The molecule has 9 heteroatoms. The number of hydrogen-bond donors (Lipinski definition) is 0. The van der Waals surface area contributed by atoms with Gasteiger partial charge in [-0.05, 0) is 42.8 Å². The highest BCUT2D eigenvalue weighted by Gasteiger charge is 2.30. The Balaban J connectivity index is 1.27. The summed E-state index contributed by atoms with van der Waals surface area (Å²) in [7, 11) is 0. The molecule has 0 radical (unpaired) electrons. The van der Waals surface area contributed by atoms with Gasteiger partial charge in [-0.3, -0.25) is 9.59 Å². The van der Waals surface area contributed by atoms with E-state index in [9.17, 15) is 9.59 Å². The van der Waals surface area contributed by atoms with Crippen LogP contribution in [-0.2, 0) is 4.79 Å². The fraction of sp³-hybridized carbons (Fsp3) is 0.226. The Morgan fingerprint density at radius 1 is 0.850 bits per heavy atom. The summed E-state index contributed by atoms with van der Waals surface area (Å²) in [6, 6.07) is 27.9. The van der Waals surface area contributed by atoms with Crippen LogP contribution in [0, 0.1) is 0 Å². The van der Waals surface area contributed by atoms with Gasteiger partial charge in [-0.2, -0.15) is 0 Å². The SMILES string of the molecule is C[C@@H](c1ccccc1)N(CC(=O)N1CCN(c2ccc(-c3ccccc3)nn2)CC1)C(=O)c1ccc(Cl)cc1Cl. The van der Waals surface area contributed by atoms with E-state index in [0.717, 1.165) is 22.6 Å². The molecule has 1 aliphatic heterocycles. The molecule has 0 bridgehead atoms. The molecule has 0 spiro atoms. The molecule has 2 amide bonds. The van der Waals surface area contributed by atoms with Crippen molar-refractivity contribution in [2.45, 2.75) is 13.0 Å². The molecule has 1 aliphatic rings. The first-order valence-electron chi connectivity index (χ1n) is 13.1. The van der Waals surface area contributed by atoms with E-state index in [1.165, 1.54) is 6.07 Å². The van der Waals surface area contributed by atoms with Crippen LogP contribution in [0.3, 0.4) is 0 Å². The van der Waals surface area contributed by atoms with Crippen molar-refractivity contribution >= 4 is 40.8 Å². The van der Waals surface area contributed by atoms with E-state index in [1.807, 2.05) is 79.7 Å². The van der Waals surface area contributed by atoms with E-state index in [1.54, 1.807) is 21.9 Å². The van der Waals surface area contributed by atoms with Crippen LogP contribution in [0.15, 0.2) is 91.0 Å². The third kappa shape index (κ3) is 6.27. The number of carbonyl (C=O) groups is 2. The van der Waals surface area contributed by atoms with E-state index in [2.05, 4.69) is 15.1 Å². The van der Waals surface area contributed by atoms with E-state index >= 15 is 0 Å². The number of halogens is 2. The fourth-order valence-electron chi connectivity index (χ4n) is 4.80. The van der Waals surface area contributed by atoms with Crippen LogP contribution < -0.4 is 4.90 Å². The zero-order valence-electron chi connectivity index (χ0n) is 22.1. The average molecular weight is 575 g/mol. The summed E-state index contributed by atoms with van der Waals surface area (Å²) in [5.41, 5.74) is 3.07.